The maximum absolute atomic E-state index is 9.63. The van der Waals surface area contributed by atoms with Gasteiger partial charge in [0.25, 0.3) is 0 Å². The fourth-order valence-electron chi connectivity index (χ4n) is 3.78. The SMILES string of the molecule is CCCNC1(C#N)CCCC(N(C)CCN2CCCC2)C1. The first-order chi connectivity index (χ1) is 10.2. The van der Waals surface area contributed by atoms with Gasteiger partial charge in [-0.15, -0.1) is 0 Å². The van der Waals surface area contributed by atoms with Crippen molar-refractivity contribution in [3.63, 3.8) is 0 Å². The second-order valence-corrected chi connectivity index (χ2v) is 6.90. The molecule has 0 aromatic rings. The number of nitrogens with zero attached hydrogens (tertiary/aromatic N) is 3. The van der Waals surface area contributed by atoms with Crippen molar-refractivity contribution in [2.45, 2.75) is 63.5 Å². The first-order valence-electron chi connectivity index (χ1n) is 8.78. The highest BCUT2D eigenvalue weighted by atomic mass is 15.2. The van der Waals surface area contributed by atoms with Crippen molar-refractivity contribution < 1.29 is 0 Å². The van der Waals surface area contributed by atoms with E-state index < -0.39 is 0 Å². The summed E-state index contributed by atoms with van der Waals surface area (Å²) in [6.45, 7) is 8.00. The minimum atomic E-state index is -0.277. The van der Waals surface area contributed by atoms with E-state index >= 15 is 0 Å². The van der Waals surface area contributed by atoms with E-state index in [1.807, 2.05) is 0 Å². The molecule has 120 valence electrons. The standard InChI is InChI=1S/C17H32N4/c1-3-9-19-17(15-18)8-6-7-16(14-17)20(2)12-13-21-10-4-5-11-21/h16,19H,3-14H2,1-2H3. The minimum absolute atomic E-state index is 0.277. The van der Waals surface area contributed by atoms with Crippen LogP contribution < -0.4 is 5.32 Å². The number of hydrogen-bond acceptors (Lipinski definition) is 4. The van der Waals surface area contributed by atoms with Gasteiger partial charge in [0.2, 0.25) is 0 Å². The van der Waals surface area contributed by atoms with Crippen molar-refractivity contribution in [2.24, 2.45) is 0 Å². The van der Waals surface area contributed by atoms with Crippen LogP contribution in [-0.2, 0) is 0 Å². The Bertz CT molecular complexity index is 345. The predicted molar refractivity (Wildman–Crippen MR) is 87.2 cm³/mol. The van der Waals surface area contributed by atoms with Crippen LogP contribution in [0.4, 0.5) is 0 Å². The molecule has 1 heterocycles. The van der Waals surface area contributed by atoms with Crippen molar-refractivity contribution in [3.8, 4) is 6.07 Å². The molecule has 2 rings (SSSR count). The highest BCUT2D eigenvalue weighted by Crippen LogP contribution is 2.30. The Balaban J connectivity index is 1.82. The van der Waals surface area contributed by atoms with E-state index in [-0.39, 0.29) is 5.54 Å². The summed E-state index contributed by atoms with van der Waals surface area (Å²) < 4.78 is 0. The molecule has 0 radical (unpaired) electrons. The molecule has 0 aromatic heterocycles. The van der Waals surface area contributed by atoms with E-state index in [0.717, 1.165) is 32.4 Å². The number of hydrogen-bond donors (Lipinski definition) is 1. The zero-order valence-electron chi connectivity index (χ0n) is 13.9. The highest BCUT2D eigenvalue weighted by Gasteiger charge is 2.37. The largest absolute Gasteiger partial charge is 0.302 e. The topological polar surface area (TPSA) is 42.3 Å². The fourth-order valence-corrected chi connectivity index (χ4v) is 3.78. The molecule has 0 amide bonds. The van der Waals surface area contributed by atoms with Crippen LogP contribution in [0.5, 0.6) is 0 Å². The molecule has 4 heteroatoms. The van der Waals surface area contributed by atoms with Gasteiger partial charge in [0, 0.05) is 19.1 Å². The number of nitrogens with one attached hydrogen (secondary N) is 1. The molecule has 0 aromatic carbocycles. The number of likely N-dealkylation sites (tertiary alicyclic amines) is 1. The summed E-state index contributed by atoms with van der Waals surface area (Å²) in [6, 6.07) is 3.15. The summed E-state index contributed by atoms with van der Waals surface area (Å²) in [5.41, 5.74) is -0.277. The smallest absolute Gasteiger partial charge is 0.108 e. The van der Waals surface area contributed by atoms with E-state index in [2.05, 4.69) is 35.2 Å². The lowest BCUT2D eigenvalue weighted by Gasteiger charge is -2.40. The molecule has 2 aliphatic rings. The summed E-state index contributed by atoms with van der Waals surface area (Å²) in [6.07, 6.45) is 8.24. The zero-order chi connectivity index (χ0) is 15.1. The Morgan fingerprint density at radius 3 is 2.76 bits per heavy atom. The van der Waals surface area contributed by atoms with Crippen molar-refractivity contribution >= 4 is 0 Å². The van der Waals surface area contributed by atoms with Gasteiger partial charge in [-0.3, -0.25) is 5.32 Å². The monoisotopic (exact) mass is 292 g/mol. The lowest BCUT2D eigenvalue weighted by Crippen LogP contribution is -2.53. The second kappa shape index (κ2) is 8.12. The summed E-state index contributed by atoms with van der Waals surface area (Å²) in [5.74, 6) is 0. The highest BCUT2D eigenvalue weighted by molar-refractivity contribution is 5.11. The Kier molecular flexibility index (Phi) is 6.47. The third-order valence-corrected chi connectivity index (χ3v) is 5.24. The molecular weight excluding hydrogens is 260 g/mol. The average Bonchev–Trinajstić information content (AvgIpc) is 3.04. The van der Waals surface area contributed by atoms with Crippen molar-refractivity contribution in [3.05, 3.63) is 0 Å². The number of likely N-dealkylation sites (N-methyl/N-ethyl adjacent to an activating group) is 1. The quantitative estimate of drug-likeness (QED) is 0.781. The summed E-state index contributed by atoms with van der Waals surface area (Å²) >= 11 is 0. The third kappa shape index (κ3) is 4.67. The Morgan fingerprint density at radius 1 is 1.33 bits per heavy atom. The van der Waals surface area contributed by atoms with Gasteiger partial charge in [-0.1, -0.05) is 6.92 Å². The van der Waals surface area contributed by atoms with Gasteiger partial charge in [0.05, 0.1) is 6.07 Å². The molecular formula is C17H32N4. The van der Waals surface area contributed by atoms with E-state index in [1.165, 1.54) is 45.3 Å². The molecule has 2 atom stereocenters. The summed E-state index contributed by atoms with van der Waals surface area (Å²) in [4.78, 5) is 5.07. The predicted octanol–water partition coefficient (Wildman–Crippen LogP) is 2.22. The van der Waals surface area contributed by atoms with Crippen LogP contribution in [0.25, 0.3) is 0 Å². The molecule has 1 aliphatic heterocycles. The van der Waals surface area contributed by atoms with Crippen LogP contribution in [0.3, 0.4) is 0 Å². The fraction of sp³-hybridized carbons (Fsp3) is 0.941. The van der Waals surface area contributed by atoms with Crippen LogP contribution >= 0.6 is 0 Å². The van der Waals surface area contributed by atoms with Crippen LogP contribution in [0.15, 0.2) is 0 Å². The van der Waals surface area contributed by atoms with Crippen LogP contribution in [0.2, 0.25) is 0 Å². The van der Waals surface area contributed by atoms with E-state index in [0.29, 0.717) is 6.04 Å². The van der Waals surface area contributed by atoms with Crippen LogP contribution in [-0.4, -0.2) is 61.2 Å². The summed E-state index contributed by atoms with van der Waals surface area (Å²) in [5, 5.41) is 13.1. The van der Waals surface area contributed by atoms with Gasteiger partial charge in [0.15, 0.2) is 0 Å². The van der Waals surface area contributed by atoms with Crippen molar-refractivity contribution in [1.29, 1.82) is 5.26 Å². The van der Waals surface area contributed by atoms with Crippen LogP contribution in [0, 0.1) is 11.3 Å². The molecule has 1 saturated heterocycles. The normalized spacial score (nSPS) is 30.7. The van der Waals surface area contributed by atoms with Crippen LogP contribution in [0.1, 0.15) is 51.9 Å². The zero-order valence-corrected chi connectivity index (χ0v) is 13.9. The maximum Gasteiger partial charge on any atom is 0.108 e. The van der Waals surface area contributed by atoms with Gasteiger partial charge in [0.1, 0.15) is 5.54 Å². The van der Waals surface area contributed by atoms with Gasteiger partial charge < -0.3 is 9.80 Å². The molecule has 0 spiro atoms. The maximum atomic E-state index is 9.63. The lowest BCUT2D eigenvalue weighted by atomic mass is 9.79. The summed E-state index contributed by atoms with van der Waals surface area (Å²) in [7, 11) is 2.24. The minimum Gasteiger partial charge on any atom is -0.302 e. The molecule has 2 fully saturated rings. The molecule has 1 saturated carbocycles. The first kappa shape index (κ1) is 16.7. The molecule has 21 heavy (non-hydrogen) atoms. The Hall–Kier alpha value is -0.630. The number of rotatable bonds is 7. The van der Waals surface area contributed by atoms with E-state index in [1.54, 1.807) is 0 Å². The van der Waals surface area contributed by atoms with Crippen molar-refractivity contribution in [1.82, 2.24) is 15.1 Å². The molecule has 1 N–H and O–H groups in total. The Morgan fingerprint density at radius 2 is 2.10 bits per heavy atom. The van der Waals surface area contributed by atoms with Gasteiger partial charge in [-0.05, 0) is 71.6 Å². The second-order valence-electron chi connectivity index (χ2n) is 6.90. The lowest BCUT2D eigenvalue weighted by molar-refractivity contribution is 0.133. The Labute approximate surface area is 130 Å². The molecule has 2 unspecified atom stereocenters. The van der Waals surface area contributed by atoms with Gasteiger partial charge in [-0.2, -0.15) is 5.26 Å². The molecule has 4 nitrogen and oxygen atoms in total. The first-order valence-corrected chi connectivity index (χ1v) is 8.78. The third-order valence-electron chi connectivity index (χ3n) is 5.24. The molecule has 1 aliphatic carbocycles. The number of nitriles is 1. The van der Waals surface area contributed by atoms with Crippen molar-refractivity contribution in [2.75, 3.05) is 39.8 Å². The average molecular weight is 292 g/mol. The van der Waals surface area contributed by atoms with E-state index in [4.69, 9.17) is 0 Å². The van der Waals surface area contributed by atoms with Gasteiger partial charge >= 0.3 is 0 Å². The molecule has 0 bridgehead atoms. The van der Waals surface area contributed by atoms with Gasteiger partial charge in [-0.25, -0.2) is 0 Å². The van der Waals surface area contributed by atoms with E-state index in [9.17, 15) is 5.26 Å².